The van der Waals surface area contributed by atoms with Crippen LogP contribution in [0.25, 0.3) is 0 Å². The first-order valence-electron chi connectivity index (χ1n) is 17.9. The van der Waals surface area contributed by atoms with E-state index in [9.17, 15) is 4.79 Å². The summed E-state index contributed by atoms with van der Waals surface area (Å²) < 4.78 is 0. The van der Waals surface area contributed by atoms with E-state index in [2.05, 4.69) is 82.5 Å². The third-order valence-electron chi connectivity index (χ3n) is 9.59. The Kier molecular flexibility index (Phi) is 15.1. The molecule has 2 heterocycles. The van der Waals surface area contributed by atoms with Gasteiger partial charge in [-0.15, -0.1) is 0 Å². The van der Waals surface area contributed by atoms with E-state index in [1.54, 1.807) is 12.1 Å². The molecule has 0 unspecified atom stereocenters. The third kappa shape index (κ3) is 12.9. The van der Waals surface area contributed by atoms with E-state index in [0.29, 0.717) is 5.56 Å². The van der Waals surface area contributed by atoms with E-state index in [1.165, 1.54) is 88.5 Å². The largest absolute Gasteiger partial charge is 0.478 e. The summed E-state index contributed by atoms with van der Waals surface area (Å²) in [6, 6.07) is 16.1. The van der Waals surface area contributed by atoms with E-state index in [1.807, 2.05) is 12.1 Å². The number of carbonyl (C=O) groups is 1. The van der Waals surface area contributed by atoms with Gasteiger partial charge < -0.3 is 14.9 Å². The van der Waals surface area contributed by atoms with Crippen molar-refractivity contribution in [3.05, 3.63) is 59.7 Å². The number of aryl methyl sites for hydroxylation is 1. The molecule has 2 aromatic carbocycles. The number of hydrogen-bond acceptors (Lipinski definition) is 3. The standard InChI is InChI=1S/C16H23NO2.C14H21N.C10H20/c1-12(2)11-13-7-9-17(10-8-13)15-5-3-14(4-6-15)16(18)19;1-11(2)8-13-9-15(10-13)14-6-4-12(3)5-7-14;1-9(2)8-10-6-4-3-5-7-10/h3-6,12-13H,7-11H2,1-2H3,(H,18,19);4-7,11,13H,8-10H2,1-3H3;9-10H,3-8H2,1-2H3. The first kappa shape index (κ1) is 36.0. The van der Waals surface area contributed by atoms with E-state index < -0.39 is 5.97 Å². The van der Waals surface area contributed by atoms with Crippen molar-refractivity contribution in [2.75, 3.05) is 36.0 Å². The average Bonchev–Trinajstić information content (AvgIpc) is 2.96. The number of carboxylic acid groups (broad SMARTS) is 1. The Bertz CT molecular complexity index is 1060. The summed E-state index contributed by atoms with van der Waals surface area (Å²) in [5.41, 5.74) is 4.24. The topological polar surface area (TPSA) is 43.8 Å². The van der Waals surface area contributed by atoms with Gasteiger partial charge in [0.05, 0.1) is 5.56 Å². The zero-order valence-corrected chi connectivity index (χ0v) is 29.2. The highest BCUT2D eigenvalue weighted by molar-refractivity contribution is 5.88. The Morgan fingerprint density at radius 2 is 1.07 bits per heavy atom. The molecule has 0 bridgehead atoms. The highest BCUT2D eigenvalue weighted by Gasteiger charge is 2.27. The van der Waals surface area contributed by atoms with Gasteiger partial charge in [0, 0.05) is 37.6 Å². The van der Waals surface area contributed by atoms with E-state index in [0.717, 1.165) is 54.3 Å². The number of piperidine rings is 1. The molecule has 0 radical (unpaired) electrons. The lowest BCUT2D eigenvalue weighted by Crippen LogP contribution is -2.47. The minimum atomic E-state index is -0.859. The van der Waals surface area contributed by atoms with E-state index in [4.69, 9.17) is 5.11 Å². The number of carboxylic acids is 1. The molecule has 2 aromatic rings. The van der Waals surface area contributed by atoms with E-state index in [-0.39, 0.29) is 0 Å². The Balaban J connectivity index is 0.000000189. The van der Waals surface area contributed by atoms with Crippen molar-refractivity contribution >= 4 is 17.3 Å². The Labute approximate surface area is 270 Å². The number of rotatable bonds is 9. The summed E-state index contributed by atoms with van der Waals surface area (Å²) in [4.78, 5) is 15.7. The normalized spacial score (nSPS) is 18.0. The van der Waals surface area contributed by atoms with Crippen LogP contribution in [0, 0.1) is 42.4 Å². The number of nitrogens with zero attached hydrogens (tertiary/aromatic N) is 2. The van der Waals surface area contributed by atoms with Gasteiger partial charge in [-0.1, -0.05) is 91.3 Å². The van der Waals surface area contributed by atoms with Crippen molar-refractivity contribution in [2.45, 2.75) is 113 Å². The van der Waals surface area contributed by atoms with E-state index >= 15 is 0 Å². The van der Waals surface area contributed by atoms with Crippen LogP contribution in [-0.4, -0.2) is 37.3 Å². The van der Waals surface area contributed by atoms with Crippen molar-refractivity contribution in [3.8, 4) is 0 Å². The Morgan fingerprint density at radius 3 is 1.55 bits per heavy atom. The van der Waals surface area contributed by atoms with Crippen molar-refractivity contribution in [2.24, 2.45) is 35.5 Å². The molecule has 0 spiro atoms. The first-order chi connectivity index (χ1) is 21.0. The van der Waals surface area contributed by atoms with Crippen molar-refractivity contribution < 1.29 is 9.90 Å². The lowest BCUT2D eigenvalue weighted by molar-refractivity contribution is 0.0697. The van der Waals surface area contributed by atoms with Crippen LogP contribution in [0.1, 0.15) is 122 Å². The SMILES string of the molecule is CC(C)CC1CCCCC1.CC(C)CC1CCN(c2ccc(C(=O)O)cc2)CC1.Cc1ccc(N2CC(CC(C)C)C2)cc1. The lowest BCUT2D eigenvalue weighted by Gasteiger charge is -2.42. The van der Waals surface area contributed by atoms with Gasteiger partial charge in [0.25, 0.3) is 0 Å². The molecule has 5 rings (SSSR count). The van der Waals surface area contributed by atoms with Gasteiger partial charge in [0.2, 0.25) is 0 Å². The molecule has 1 saturated carbocycles. The monoisotopic (exact) mass is 604 g/mol. The van der Waals surface area contributed by atoms with Crippen molar-refractivity contribution in [3.63, 3.8) is 0 Å². The number of benzene rings is 2. The molecule has 246 valence electrons. The Hall–Kier alpha value is -2.49. The maximum atomic E-state index is 10.8. The minimum Gasteiger partial charge on any atom is -0.478 e. The molecular weight excluding hydrogens is 540 g/mol. The van der Waals surface area contributed by atoms with Crippen LogP contribution in [0.3, 0.4) is 0 Å². The summed E-state index contributed by atoms with van der Waals surface area (Å²) in [5, 5.41) is 8.89. The predicted octanol–water partition coefficient (Wildman–Crippen LogP) is 10.7. The van der Waals surface area contributed by atoms with Crippen molar-refractivity contribution in [1.82, 2.24) is 0 Å². The maximum absolute atomic E-state index is 10.8. The second-order valence-corrected chi connectivity index (χ2v) is 15.3. The zero-order valence-electron chi connectivity index (χ0n) is 29.2. The molecule has 4 nitrogen and oxygen atoms in total. The molecule has 44 heavy (non-hydrogen) atoms. The summed E-state index contributed by atoms with van der Waals surface area (Å²) in [5.74, 6) is 4.54. The maximum Gasteiger partial charge on any atom is 0.335 e. The van der Waals surface area contributed by atoms with Gasteiger partial charge in [-0.2, -0.15) is 0 Å². The molecule has 1 aliphatic carbocycles. The fourth-order valence-corrected chi connectivity index (χ4v) is 7.35. The van der Waals surface area contributed by atoms with Crippen LogP contribution in [0.4, 0.5) is 11.4 Å². The van der Waals surface area contributed by atoms with Gasteiger partial charge in [0.1, 0.15) is 0 Å². The highest BCUT2D eigenvalue weighted by atomic mass is 16.4. The second-order valence-electron chi connectivity index (χ2n) is 15.3. The summed E-state index contributed by atoms with van der Waals surface area (Å²) in [7, 11) is 0. The second kappa shape index (κ2) is 18.5. The molecule has 3 aliphatic rings. The molecular formula is C40H64N2O2. The molecule has 0 atom stereocenters. The number of hydrogen-bond donors (Lipinski definition) is 1. The smallest absolute Gasteiger partial charge is 0.335 e. The van der Waals surface area contributed by atoms with Crippen LogP contribution in [0.5, 0.6) is 0 Å². The molecule has 2 aliphatic heterocycles. The summed E-state index contributed by atoms with van der Waals surface area (Å²) in [6.45, 7) is 20.7. The number of aromatic carboxylic acids is 1. The third-order valence-corrected chi connectivity index (χ3v) is 9.59. The fourth-order valence-electron chi connectivity index (χ4n) is 7.35. The molecule has 0 aromatic heterocycles. The van der Waals surface area contributed by atoms with Crippen LogP contribution in [-0.2, 0) is 0 Å². The van der Waals surface area contributed by atoms with Gasteiger partial charge in [-0.05, 0) is 111 Å². The molecule has 1 N–H and O–H groups in total. The van der Waals surface area contributed by atoms with Crippen LogP contribution >= 0.6 is 0 Å². The average molecular weight is 605 g/mol. The van der Waals surface area contributed by atoms with Gasteiger partial charge >= 0.3 is 5.97 Å². The zero-order chi connectivity index (χ0) is 32.1. The van der Waals surface area contributed by atoms with Gasteiger partial charge in [-0.25, -0.2) is 4.79 Å². The lowest BCUT2D eigenvalue weighted by atomic mass is 9.84. The molecule has 2 saturated heterocycles. The molecule has 0 amide bonds. The summed E-state index contributed by atoms with van der Waals surface area (Å²) in [6.07, 6.45) is 14.2. The van der Waals surface area contributed by atoms with Crippen molar-refractivity contribution in [1.29, 1.82) is 0 Å². The highest BCUT2D eigenvalue weighted by Crippen LogP contribution is 2.30. The van der Waals surface area contributed by atoms with Gasteiger partial charge in [0.15, 0.2) is 0 Å². The molecule has 4 heteroatoms. The van der Waals surface area contributed by atoms with Gasteiger partial charge in [-0.3, -0.25) is 0 Å². The summed E-state index contributed by atoms with van der Waals surface area (Å²) >= 11 is 0. The fraction of sp³-hybridized carbons (Fsp3) is 0.675. The van der Waals surface area contributed by atoms with Crippen LogP contribution in [0.15, 0.2) is 48.5 Å². The molecule has 3 fully saturated rings. The predicted molar refractivity (Wildman–Crippen MR) is 190 cm³/mol. The van der Waals surface area contributed by atoms with Crippen LogP contribution in [0.2, 0.25) is 0 Å². The first-order valence-corrected chi connectivity index (χ1v) is 17.9. The van der Waals surface area contributed by atoms with Crippen LogP contribution < -0.4 is 9.80 Å². The number of anilines is 2. The minimum absolute atomic E-state index is 0.360. The quantitative estimate of drug-likeness (QED) is 0.309. The Morgan fingerprint density at radius 1 is 0.636 bits per heavy atom.